The molecule has 1 aromatic carbocycles. The first-order valence-electron chi connectivity index (χ1n) is 6.80. The summed E-state index contributed by atoms with van der Waals surface area (Å²) >= 11 is 1.96. The highest BCUT2D eigenvalue weighted by Crippen LogP contribution is 2.30. The maximum absolute atomic E-state index is 6.33. The van der Waals surface area contributed by atoms with Gasteiger partial charge < -0.3 is 15.2 Å². The van der Waals surface area contributed by atoms with E-state index in [-0.39, 0.29) is 6.04 Å². The third-order valence-corrected chi connectivity index (χ3v) is 4.96. The molecule has 1 aliphatic heterocycles. The minimum Gasteiger partial charge on any atom is -0.496 e. The summed E-state index contributed by atoms with van der Waals surface area (Å²) in [6, 6.07) is 6.22. The third kappa shape index (κ3) is 4.13. The zero-order valence-electron chi connectivity index (χ0n) is 11.7. The van der Waals surface area contributed by atoms with Gasteiger partial charge in [0, 0.05) is 35.8 Å². The topological polar surface area (TPSA) is 44.5 Å². The lowest BCUT2D eigenvalue weighted by molar-refractivity contribution is 0.1000. The molecule has 1 heterocycles. The van der Waals surface area contributed by atoms with E-state index in [1.165, 1.54) is 5.56 Å². The van der Waals surface area contributed by atoms with Crippen molar-refractivity contribution in [2.45, 2.75) is 31.1 Å². The van der Waals surface area contributed by atoms with Crippen molar-refractivity contribution in [3.63, 3.8) is 0 Å². The monoisotopic (exact) mass is 281 g/mol. The molecule has 2 rings (SSSR count). The van der Waals surface area contributed by atoms with E-state index in [2.05, 4.69) is 19.1 Å². The molecule has 0 aliphatic carbocycles. The maximum Gasteiger partial charge on any atom is 0.123 e. The molecule has 1 atom stereocenters. The van der Waals surface area contributed by atoms with Crippen molar-refractivity contribution in [1.29, 1.82) is 0 Å². The normalized spacial score (nSPS) is 18.3. The number of aryl methyl sites for hydroxylation is 1. The number of thioether (sulfide) groups is 1. The molecule has 0 aromatic heterocycles. The van der Waals surface area contributed by atoms with Crippen LogP contribution in [0.3, 0.4) is 0 Å². The highest BCUT2D eigenvalue weighted by Gasteiger charge is 2.18. The van der Waals surface area contributed by atoms with Crippen molar-refractivity contribution >= 4 is 11.8 Å². The Kier molecular flexibility index (Phi) is 5.55. The largest absolute Gasteiger partial charge is 0.496 e. The van der Waals surface area contributed by atoms with E-state index in [4.69, 9.17) is 15.2 Å². The van der Waals surface area contributed by atoms with Crippen LogP contribution in [0.15, 0.2) is 18.2 Å². The van der Waals surface area contributed by atoms with Crippen LogP contribution in [0.4, 0.5) is 0 Å². The first-order valence-corrected chi connectivity index (χ1v) is 7.85. The van der Waals surface area contributed by atoms with Crippen molar-refractivity contribution < 1.29 is 9.47 Å². The smallest absolute Gasteiger partial charge is 0.123 e. The second kappa shape index (κ2) is 7.17. The number of hydrogen-bond acceptors (Lipinski definition) is 4. The minimum absolute atomic E-state index is 0.0303. The summed E-state index contributed by atoms with van der Waals surface area (Å²) in [5.41, 5.74) is 8.66. The fourth-order valence-electron chi connectivity index (χ4n) is 2.32. The second-order valence-corrected chi connectivity index (χ2v) is 6.33. The Hall–Kier alpha value is -0.710. The van der Waals surface area contributed by atoms with Crippen LogP contribution >= 0.6 is 11.8 Å². The van der Waals surface area contributed by atoms with Crippen LogP contribution in [-0.4, -0.2) is 31.3 Å². The van der Waals surface area contributed by atoms with Gasteiger partial charge in [-0.3, -0.25) is 0 Å². The van der Waals surface area contributed by atoms with E-state index < -0.39 is 0 Å². The zero-order valence-corrected chi connectivity index (χ0v) is 12.5. The molecule has 0 saturated carbocycles. The van der Waals surface area contributed by atoms with E-state index in [0.717, 1.165) is 43.1 Å². The molecule has 0 radical (unpaired) electrons. The van der Waals surface area contributed by atoms with E-state index in [1.54, 1.807) is 7.11 Å². The molecule has 1 aliphatic rings. The van der Waals surface area contributed by atoms with Gasteiger partial charge in [0.05, 0.1) is 7.11 Å². The molecule has 2 N–H and O–H groups in total. The van der Waals surface area contributed by atoms with Crippen molar-refractivity contribution in [3.05, 3.63) is 29.3 Å². The van der Waals surface area contributed by atoms with Gasteiger partial charge in [-0.05, 0) is 25.8 Å². The summed E-state index contributed by atoms with van der Waals surface area (Å²) in [5, 5.41) is 0.690. The molecule has 106 valence electrons. The molecule has 1 aromatic rings. The molecule has 0 spiro atoms. The minimum atomic E-state index is 0.0303. The Bertz CT molecular complexity index is 405. The van der Waals surface area contributed by atoms with Gasteiger partial charge in [-0.15, -0.1) is 0 Å². The zero-order chi connectivity index (χ0) is 13.7. The van der Waals surface area contributed by atoms with Crippen LogP contribution in [-0.2, 0) is 4.74 Å². The van der Waals surface area contributed by atoms with Gasteiger partial charge in [-0.2, -0.15) is 11.8 Å². The molecule has 0 amide bonds. The summed E-state index contributed by atoms with van der Waals surface area (Å²) in [5.74, 6) is 1.83. The Morgan fingerprint density at radius 2 is 2.16 bits per heavy atom. The van der Waals surface area contributed by atoms with Gasteiger partial charge in [0.2, 0.25) is 0 Å². The number of nitrogens with two attached hydrogens (primary N) is 1. The predicted octanol–water partition coefficient (Wildman–Crippen LogP) is 2.92. The summed E-state index contributed by atoms with van der Waals surface area (Å²) in [4.78, 5) is 0. The highest BCUT2D eigenvalue weighted by molar-refractivity contribution is 7.99. The van der Waals surface area contributed by atoms with E-state index in [9.17, 15) is 0 Å². The number of ether oxygens (including phenoxy) is 2. The lowest BCUT2D eigenvalue weighted by Crippen LogP contribution is -2.21. The average molecular weight is 281 g/mol. The van der Waals surface area contributed by atoms with Gasteiger partial charge in [0.25, 0.3) is 0 Å². The van der Waals surface area contributed by atoms with Gasteiger partial charge in [0.1, 0.15) is 5.75 Å². The Morgan fingerprint density at radius 1 is 1.42 bits per heavy atom. The summed E-state index contributed by atoms with van der Waals surface area (Å²) in [7, 11) is 1.70. The number of rotatable bonds is 5. The standard InChI is InChI=1S/C15H23NO2S/c1-11-3-4-15(17-2)13(9-11)14(16)10-19-12-5-7-18-8-6-12/h3-4,9,12,14H,5-8,10,16H2,1-2H3. The summed E-state index contributed by atoms with van der Waals surface area (Å²) < 4.78 is 10.8. The Balaban J connectivity index is 1.94. The highest BCUT2D eigenvalue weighted by atomic mass is 32.2. The van der Waals surface area contributed by atoms with Crippen LogP contribution in [0.5, 0.6) is 5.75 Å². The molecule has 4 heteroatoms. The number of hydrogen-bond donors (Lipinski definition) is 1. The van der Waals surface area contributed by atoms with E-state index >= 15 is 0 Å². The third-order valence-electron chi connectivity index (χ3n) is 3.46. The van der Waals surface area contributed by atoms with Gasteiger partial charge in [-0.1, -0.05) is 17.7 Å². The molecular formula is C15H23NO2S. The lowest BCUT2D eigenvalue weighted by Gasteiger charge is -2.23. The summed E-state index contributed by atoms with van der Waals surface area (Å²) in [6.07, 6.45) is 2.28. The molecule has 1 fully saturated rings. The van der Waals surface area contributed by atoms with Gasteiger partial charge in [-0.25, -0.2) is 0 Å². The second-order valence-electron chi connectivity index (χ2n) is 5.00. The average Bonchev–Trinajstić information content (AvgIpc) is 2.46. The van der Waals surface area contributed by atoms with Crippen molar-refractivity contribution in [3.8, 4) is 5.75 Å². The van der Waals surface area contributed by atoms with Gasteiger partial charge in [0.15, 0.2) is 0 Å². The fourth-order valence-corrected chi connectivity index (χ4v) is 3.50. The lowest BCUT2D eigenvalue weighted by atomic mass is 10.1. The number of methoxy groups -OCH3 is 1. The van der Waals surface area contributed by atoms with Crippen molar-refractivity contribution in [2.24, 2.45) is 5.73 Å². The van der Waals surface area contributed by atoms with Crippen LogP contribution in [0.2, 0.25) is 0 Å². The van der Waals surface area contributed by atoms with Gasteiger partial charge >= 0.3 is 0 Å². The van der Waals surface area contributed by atoms with E-state index in [1.807, 2.05) is 17.8 Å². The molecule has 3 nitrogen and oxygen atoms in total. The van der Waals surface area contributed by atoms with Crippen LogP contribution in [0.1, 0.15) is 30.0 Å². The Morgan fingerprint density at radius 3 is 2.84 bits per heavy atom. The number of benzene rings is 1. The molecule has 1 unspecified atom stereocenters. The molecule has 1 saturated heterocycles. The molecule has 0 bridgehead atoms. The molecular weight excluding hydrogens is 258 g/mol. The van der Waals surface area contributed by atoms with Crippen molar-refractivity contribution in [1.82, 2.24) is 0 Å². The van der Waals surface area contributed by atoms with Crippen LogP contribution < -0.4 is 10.5 Å². The summed E-state index contributed by atoms with van der Waals surface area (Å²) in [6.45, 7) is 3.86. The van der Waals surface area contributed by atoms with E-state index in [0.29, 0.717) is 5.25 Å². The van der Waals surface area contributed by atoms with Crippen molar-refractivity contribution in [2.75, 3.05) is 26.1 Å². The van der Waals surface area contributed by atoms with Crippen LogP contribution in [0.25, 0.3) is 0 Å². The SMILES string of the molecule is COc1ccc(C)cc1C(N)CSC1CCOCC1. The molecule has 19 heavy (non-hydrogen) atoms. The quantitative estimate of drug-likeness (QED) is 0.901. The van der Waals surface area contributed by atoms with Crippen LogP contribution in [0, 0.1) is 6.92 Å². The Labute approximate surface area is 119 Å². The maximum atomic E-state index is 6.33. The first kappa shape index (κ1) is 14.7. The first-order chi connectivity index (χ1) is 9.20. The fraction of sp³-hybridized carbons (Fsp3) is 0.600. The predicted molar refractivity (Wildman–Crippen MR) is 81.0 cm³/mol.